The molecule has 148 valence electrons. The highest BCUT2D eigenvalue weighted by atomic mass is 16.6. The fourth-order valence-electron chi connectivity index (χ4n) is 3.86. The van der Waals surface area contributed by atoms with Crippen LogP contribution >= 0.6 is 0 Å². The Morgan fingerprint density at radius 3 is 2.29 bits per heavy atom. The molecule has 2 aliphatic heterocycles. The van der Waals surface area contributed by atoms with Crippen LogP contribution in [0.15, 0.2) is 30.3 Å². The number of anilines is 3. The molecule has 0 unspecified atom stereocenters. The summed E-state index contributed by atoms with van der Waals surface area (Å²) >= 11 is 0. The molecule has 2 aromatic rings. The van der Waals surface area contributed by atoms with E-state index in [9.17, 15) is 10.1 Å². The van der Waals surface area contributed by atoms with E-state index in [0.29, 0.717) is 24.9 Å². The van der Waals surface area contributed by atoms with Crippen LogP contribution in [0.2, 0.25) is 0 Å². The molecule has 1 aromatic heterocycles. The summed E-state index contributed by atoms with van der Waals surface area (Å²) in [5.41, 5.74) is 7.06. The molecule has 9 nitrogen and oxygen atoms in total. The van der Waals surface area contributed by atoms with Crippen molar-refractivity contribution in [2.75, 3.05) is 54.8 Å². The third-order valence-electron chi connectivity index (χ3n) is 5.37. The zero-order valence-electron chi connectivity index (χ0n) is 15.8. The van der Waals surface area contributed by atoms with Crippen LogP contribution < -0.4 is 15.5 Å². The number of rotatable bonds is 5. The van der Waals surface area contributed by atoms with E-state index >= 15 is 0 Å². The molecular weight excluding hydrogens is 358 g/mol. The molecule has 2 fully saturated rings. The van der Waals surface area contributed by atoms with Crippen LogP contribution in [0, 0.1) is 10.1 Å². The average molecular weight is 383 g/mol. The first kappa shape index (κ1) is 18.4. The zero-order chi connectivity index (χ0) is 19.5. The van der Waals surface area contributed by atoms with Gasteiger partial charge in [0, 0.05) is 45.8 Å². The molecule has 0 bridgehead atoms. The van der Waals surface area contributed by atoms with Crippen LogP contribution in [0.1, 0.15) is 18.4 Å². The quantitative estimate of drug-likeness (QED) is 0.616. The van der Waals surface area contributed by atoms with E-state index in [1.807, 2.05) is 23.1 Å². The SMILES string of the molecule is Nc1nc(N2CCCC2)nc(N2CCN(Cc3ccccc3)CC2)c1[N+](=O)[O-]. The van der Waals surface area contributed by atoms with Crippen molar-refractivity contribution in [1.29, 1.82) is 0 Å². The van der Waals surface area contributed by atoms with Crippen molar-refractivity contribution in [1.82, 2.24) is 14.9 Å². The van der Waals surface area contributed by atoms with Crippen LogP contribution in [0.4, 0.5) is 23.3 Å². The van der Waals surface area contributed by atoms with Gasteiger partial charge in [0.25, 0.3) is 0 Å². The number of nitrogen functional groups attached to an aromatic ring is 1. The molecule has 0 saturated carbocycles. The Bertz CT molecular complexity index is 832. The van der Waals surface area contributed by atoms with Gasteiger partial charge < -0.3 is 15.5 Å². The topological polar surface area (TPSA) is 105 Å². The molecule has 1 aromatic carbocycles. The van der Waals surface area contributed by atoms with Crippen molar-refractivity contribution in [3.05, 3.63) is 46.0 Å². The van der Waals surface area contributed by atoms with Gasteiger partial charge in [-0.2, -0.15) is 9.97 Å². The molecule has 2 saturated heterocycles. The molecule has 0 aliphatic carbocycles. The minimum absolute atomic E-state index is 0.0522. The van der Waals surface area contributed by atoms with E-state index in [4.69, 9.17) is 5.73 Å². The van der Waals surface area contributed by atoms with Crippen molar-refractivity contribution in [2.45, 2.75) is 19.4 Å². The number of nitrogens with two attached hydrogens (primary N) is 1. The minimum atomic E-state index is -0.464. The number of nitrogens with zero attached hydrogens (tertiary/aromatic N) is 6. The van der Waals surface area contributed by atoms with Gasteiger partial charge in [-0.05, 0) is 18.4 Å². The highest BCUT2D eigenvalue weighted by molar-refractivity contribution is 5.71. The highest BCUT2D eigenvalue weighted by Gasteiger charge is 2.31. The second-order valence-electron chi connectivity index (χ2n) is 7.28. The molecule has 2 aliphatic rings. The fraction of sp³-hybridized carbons (Fsp3) is 0.474. The number of nitro groups is 1. The lowest BCUT2D eigenvalue weighted by atomic mass is 10.2. The zero-order valence-corrected chi connectivity index (χ0v) is 15.8. The first-order chi connectivity index (χ1) is 13.6. The van der Waals surface area contributed by atoms with Crippen molar-refractivity contribution in [3.63, 3.8) is 0 Å². The van der Waals surface area contributed by atoms with E-state index in [1.165, 1.54) is 5.56 Å². The summed E-state index contributed by atoms with van der Waals surface area (Å²) in [4.78, 5) is 26.3. The Hall–Kier alpha value is -2.94. The molecule has 3 heterocycles. The maximum absolute atomic E-state index is 11.6. The summed E-state index contributed by atoms with van der Waals surface area (Å²) in [5.74, 6) is 0.796. The standard InChI is InChI=1S/C19H25N7O2/c20-17-16(26(27)28)18(22-19(21-17)25-8-4-5-9-25)24-12-10-23(11-13-24)14-15-6-2-1-3-7-15/h1-3,6-7H,4-5,8-14H2,(H2,20,21,22). The minimum Gasteiger partial charge on any atom is -0.378 e. The maximum atomic E-state index is 11.6. The molecule has 2 N–H and O–H groups in total. The first-order valence-corrected chi connectivity index (χ1v) is 9.70. The Kier molecular flexibility index (Phi) is 5.25. The fourth-order valence-corrected chi connectivity index (χ4v) is 3.86. The van der Waals surface area contributed by atoms with Gasteiger partial charge in [-0.25, -0.2) is 0 Å². The Morgan fingerprint density at radius 2 is 1.64 bits per heavy atom. The molecular formula is C19H25N7O2. The smallest absolute Gasteiger partial charge is 0.353 e. The van der Waals surface area contributed by atoms with Gasteiger partial charge in [0.15, 0.2) is 0 Å². The van der Waals surface area contributed by atoms with Gasteiger partial charge in [-0.3, -0.25) is 15.0 Å². The molecule has 9 heteroatoms. The lowest BCUT2D eigenvalue weighted by molar-refractivity contribution is -0.383. The van der Waals surface area contributed by atoms with Crippen LogP contribution in [-0.4, -0.2) is 59.1 Å². The third-order valence-corrected chi connectivity index (χ3v) is 5.37. The number of benzene rings is 1. The summed E-state index contributed by atoms with van der Waals surface area (Å²) in [7, 11) is 0. The summed E-state index contributed by atoms with van der Waals surface area (Å²) in [6, 6.07) is 10.3. The lowest BCUT2D eigenvalue weighted by Gasteiger charge is -2.35. The van der Waals surface area contributed by atoms with Crippen molar-refractivity contribution < 1.29 is 4.92 Å². The predicted octanol–water partition coefficient (Wildman–Crippen LogP) is 1.89. The summed E-state index contributed by atoms with van der Waals surface area (Å²) in [6.45, 7) is 5.57. The molecule has 0 amide bonds. The Morgan fingerprint density at radius 1 is 0.964 bits per heavy atom. The predicted molar refractivity (Wildman–Crippen MR) is 108 cm³/mol. The van der Waals surface area contributed by atoms with Crippen molar-refractivity contribution >= 4 is 23.3 Å². The van der Waals surface area contributed by atoms with Crippen LogP contribution in [0.3, 0.4) is 0 Å². The second kappa shape index (κ2) is 7.97. The van der Waals surface area contributed by atoms with E-state index in [2.05, 4.69) is 31.9 Å². The maximum Gasteiger partial charge on any atom is 0.353 e. The van der Waals surface area contributed by atoms with Gasteiger partial charge in [-0.1, -0.05) is 30.3 Å². The molecule has 28 heavy (non-hydrogen) atoms. The molecule has 0 radical (unpaired) electrons. The summed E-state index contributed by atoms with van der Waals surface area (Å²) in [5, 5.41) is 11.6. The van der Waals surface area contributed by atoms with E-state index < -0.39 is 4.92 Å². The first-order valence-electron chi connectivity index (χ1n) is 9.70. The molecule has 0 spiro atoms. The summed E-state index contributed by atoms with van der Waals surface area (Å²) < 4.78 is 0. The van der Waals surface area contributed by atoms with Crippen molar-refractivity contribution in [2.24, 2.45) is 0 Å². The average Bonchev–Trinajstić information content (AvgIpc) is 3.23. The number of hydrogen-bond donors (Lipinski definition) is 1. The van der Waals surface area contributed by atoms with Crippen LogP contribution in [0.5, 0.6) is 0 Å². The second-order valence-corrected chi connectivity index (χ2v) is 7.28. The Balaban J connectivity index is 1.52. The Labute approximate surface area is 163 Å². The normalized spacial score (nSPS) is 17.9. The number of piperazine rings is 1. The highest BCUT2D eigenvalue weighted by Crippen LogP contribution is 2.34. The molecule has 0 atom stereocenters. The third kappa shape index (κ3) is 3.84. The van der Waals surface area contributed by atoms with Gasteiger partial charge in [0.2, 0.25) is 17.6 Å². The van der Waals surface area contributed by atoms with Crippen LogP contribution in [-0.2, 0) is 6.54 Å². The largest absolute Gasteiger partial charge is 0.378 e. The monoisotopic (exact) mass is 383 g/mol. The van der Waals surface area contributed by atoms with Crippen LogP contribution in [0.25, 0.3) is 0 Å². The number of hydrogen-bond acceptors (Lipinski definition) is 8. The molecule has 4 rings (SSSR count). The van der Waals surface area contributed by atoms with E-state index in [-0.39, 0.29) is 11.5 Å². The van der Waals surface area contributed by atoms with Gasteiger partial charge in [0.05, 0.1) is 4.92 Å². The van der Waals surface area contributed by atoms with Gasteiger partial charge in [0.1, 0.15) is 0 Å². The van der Waals surface area contributed by atoms with E-state index in [1.54, 1.807) is 0 Å². The van der Waals surface area contributed by atoms with E-state index in [0.717, 1.165) is 45.6 Å². The number of aromatic nitrogens is 2. The van der Waals surface area contributed by atoms with Gasteiger partial charge in [-0.15, -0.1) is 0 Å². The van der Waals surface area contributed by atoms with Crippen molar-refractivity contribution in [3.8, 4) is 0 Å². The lowest BCUT2D eigenvalue weighted by Crippen LogP contribution is -2.46. The summed E-state index contributed by atoms with van der Waals surface area (Å²) in [6.07, 6.45) is 2.15. The van der Waals surface area contributed by atoms with Gasteiger partial charge >= 0.3 is 5.69 Å².